The van der Waals surface area contributed by atoms with Gasteiger partial charge in [0.25, 0.3) is 0 Å². The molecule has 0 saturated heterocycles. The molecule has 0 radical (unpaired) electrons. The molecular formula is C9H11N5O2. The molecule has 84 valence electrons. The van der Waals surface area contributed by atoms with E-state index in [1.165, 1.54) is 6.33 Å². The van der Waals surface area contributed by atoms with Crippen LogP contribution in [0.4, 0.5) is 0 Å². The molecule has 0 saturated carbocycles. The first-order valence-electron chi connectivity index (χ1n) is 4.63. The van der Waals surface area contributed by atoms with Crippen molar-refractivity contribution in [1.82, 2.24) is 20.2 Å². The first-order valence-corrected chi connectivity index (χ1v) is 4.63. The molecule has 0 fully saturated rings. The van der Waals surface area contributed by atoms with Crippen molar-refractivity contribution in [2.24, 2.45) is 5.84 Å². The summed E-state index contributed by atoms with van der Waals surface area (Å²) in [6, 6.07) is 1.77. The average molecular weight is 221 g/mol. The van der Waals surface area contributed by atoms with Gasteiger partial charge in [0.15, 0.2) is 5.76 Å². The van der Waals surface area contributed by atoms with E-state index in [1.807, 2.05) is 5.43 Å². The van der Waals surface area contributed by atoms with Crippen molar-refractivity contribution in [3.05, 3.63) is 35.8 Å². The fraction of sp³-hybridized carbons (Fsp3) is 0.222. The summed E-state index contributed by atoms with van der Waals surface area (Å²) in [7, 11) is 0. The second kappa shape index (κ2) is 4.15. The van der Waals surface area contributed by atoms with E-state index in [-0.39, 0.29) is 5.76 Å². The van der Waals surface area contributed by atoms with Crippen molar-refractivity contribution < 1.29 is 9.21 Å². The standard InChI is InChI=1S/C9H11N5O2/c1-6-2-7(3-14-5-11-4-12-14)16-8(6)9(15)13-10/h2,4-5H,3,10H2,1H3,(H,13,15). The van der Waals surface area contributed by atoms with Crippen LogP contribution in [-0.2, 0) is 6.54 Å². The van der Waals surface area contributed by atoms with Gasteiger partial charge in [-0.05, 0) is 13.0 Å². The smallest absolute Gasteiger partial charge is 0.301 e. The summed E-state index contributed by atoms with van der Waals surface area (Å²) in [5.74, 6) is 5.44. The predicted octanol–water partition coefficient (Wildman–Crippen LogP) is -0.169. The zero-order chi connectivity index (χ0) is 11.5. The van der Waals surface area contributed by atoms with Crippen molar-refractivity contribution in [1.29, 1.82) is 0 Å². The molecule has 7 nitrogen and oxygen atoms in total. The van der Waals surface area contributed by atoms with Gasteiger partial charge in [-0.2, -0.15) is 5.10 Å². The minimum absolute atomic E-state index is 0.220. The highest BCUT2D eigenvalue weighted by atomic mass is 16.4. The molecule has 2 aromatic rings. The van der Waals surface area contributed by atoms with Crippen LogP contribution < -0.4 is 11.3 Å². The number of hydrogen-bond acceptors (Lipinski definition) is 5. The van der Waals surface area contributed by atoms with Gasteiger partial charge >= 0.3 is 5.91 Å². The normalized spacial score (nSPS) is 10.4. The van der Waals surface area contributed by atoms with Gasteiger partial charge in [-0.3, -0.25) is 10.2 Å². The number of carbonyl (C=O) groups excluding carboxylic acids is 1. The molecule has 0 aliphatic rings. The van der Waals surface area contributed by atoms with Crippen LogP contribution in [0.25, 0.3) is 0 Å². The van der Waals surface area contributed by atoms with Gasteiger partial charge in [-0.25, -0.2) is 15.5 Å². The van der Waals surface area contributed by atoms with Gasteiger partial charge in [0.2, 0.25) is 0 Å². The van der Waals surface area contributed by atoms with Crippen molar-refractivity contribution in [3.8, 4) is 0 Å². The number of hydrazine groups is 1. The Morgan fingerprint density at radius 1 is 1.69 bits per heavy atom. The molecule has 0 unspecified atom stereocenters. The molecule has 16 heavy (non-hydrogen) atoms. The van der Waals surface area contributed by atoms with Gasteiger partial charge in [0.05, 0.1) is 0 Å². The Morgan fingerprint density at radius 2 is 2.50 bits per heavy atom. The molecule has 0 aliphatic carbocycles. The van der Waals surface area contributed by atoms with Crippen LogP contribution in [0.5, 0.6) is 0 Å². The lowest BCUT2D eigenvalue weighted by Crippen LogP contribution is -2.30. The minimum atomic E-state index is -0.442. The van der Waals surface area contributed by atoms with Gasteiger partial charge in [0.1, 0.15) is 25.0 Å². The van der Waals surface area contributed by atoms with E-state index < -0.39 is 5.91 Å². The van der Waals surface area contributed by atoms with Crippen molar-refractivity contribution >= 4 is 5.91 Å². The molecule has 2 heterocycles. The molecular weight excluding hydrogens is 210 g/mol. The molecule has 0 aromatic carbocycles. The van der Waals surface area contributed by atoms with Gasteiger partial charge in [-0.1, -0.05) is 0 Å². The Hall–Kier alpha value is -2.15. The molecule has 7 heteroatoms. The van der Waals surface area contributed by atoms with Crippen LogP contribution in [0.3, 0.4) is 0 Å². The topological polar surface area (TPSA) is 99.0 Å². The number of furan rings is 1. The number of nitrogens with two attached hydrogens (primary N) is 1. The Morgan fingerprint density at radius 3 is 3.12 bits per heavy atom. The molecule has 2 rings (SSSR count). The quantitative estimate of drug-likeness (QED) is 0.426. The van der Waals surface area contributed by atoms with Crippen LogP contribution in [0.2, 0.25) is 0 Å². The molecule has 0 bridgehead atoms. The maximum atomic E-state index is 11.3. The summed E-state index contributed by atoms with van der Waals surface area (Å²) in [5, 5.41) is 3.94. The number of nitrogen functional groups attached to an aromatic ring is 1. The Labute approximate surface area is 91.2 Å². The van der Waals surface area contributed by atoms with Crippen LogP contribution in [-0.4, -0.2) is 20.7 Å². The summed E-state index contributed by atoms with van der Waals surface area (Å²) in [6.45, 7) is 2.21. The lowest BCUT2D eigenvalue weighted by Gasteiger charge is -1.97. The van der Waals surface area contributed by atoms with Crippen molar-refractivity contribution in [3.63, 3.8) is 0 Å². The zero-order valence-electron chi connectivity index (χ0n) is 8.67. The molecule has 2 aromatic heterocycles. The number of rotatable bonds is 3. The van der Waals surface area contributed by atoms with Crippen LogP contribution in [0.1, 0.15) is 21.9 Å². The number of nitrogens with zero attached hydrogens (tertiary/aromatic N) is 3. The number of nitrogens with one attached hydrogen (secondary N) is 1. The van der Waals surface area contributed by atoms with Crippen molar-refractivity contribution in [2.45, 2.75) is 13.5 Å². The molecule has 0 aliphatic heterocycles. The monoisotopic (exact) mass is 221 g/mol. The summed E-state index contributed by atoms with van der Waals surface area (Å²) in [6.07, 6.45) is 3.00. The second-order valence-corrected chi connectivity index (χ2v) is 3.29. The lowest BCUT2D eigenvalue weighted by atomic mass is 10.2. The summed E-state index contributed by atoms with van der Waals surface area (Å²) in [5.41, 5.74) is 2.76. The second-order valence-electron chi connectivity index (χ2n) is 3.29. The third-order valence-corrected chi connectivity index (χ3v) is 2.09. The third-order valence-electron chi connectivity index (χ3n) is 2.09. The molecule has 3 N–H and O–H groups in total. The first-order chi connectivity index (χ1) is 7.70. The lowest BCUT2D eigenvalue weighted by molar-refractivity contribution is 0.0923. The zero-order valence-corrected chi connectivity index (χ0v) is 8.67. The Bertz CT molecular complexity index is 488. The van der Waals surface area contributed by atoms with E-state index in [1.54, 1.807) is 24.0 Å². The van der Waals surface area contributed by atoms with Gasteiger partial charge < -0.3 is 4.42 Å². The fourth-order valence-corrected chi connectivity index (χ4v) is 1.39. The van der Waals surface area contributed by atoms with Gasteiger partial charge in [0, 0.05) is 5.56 Å². The number of aryl methyl sites for hydroxylation is 1. The van der Waals surface area contributed by atoms with E-state index >= 15 is 0 Å². The first kappa shape index (κ1) is 10.4. The SMILES string of the molecule is Cc1cc(Cn2cncn2)oc1C(=O)NN. The number of aromatic nitrogens is 3. The predicted molar refractivity (Wildman–Crippen MR) is 54.2 cm³/mol. The maximum absolute atomic E-state index is 11.3. The molecule has 1 amide bonds. The molecule has 0 spiro atoms. The molecule has 0 atom stereocenters. The third kappa shape index (κ3) is 1.94. The van der Waals surface area contributed by atoms with Crippen LogP contribution >= 0.6 is 0 Å². The fourth-order valence-electron chi connectivity index (χ4n) is 1.39. The maximum Gasteiger partial charge on any atom is 0.301 e. The largest absolute Gasteiger partial charge is 0.454 e. The number of amides is 1. The summed E-state index contributed by atoms with van der Waals surface area (Å²) >= 11 is 0. The van der Waals surface area contributed by atoms with E-state index in [9.17, 15) is 4.79 Å². The average Bonchev–Trinajstić information content (AvgIpc) is 2.88. The Balaban J connectivity index is 2.21. The minimum Gasteiger partial charge on any atom is -0.454 e. The highest BCUT2D eigenvalue weighted by Gasteiger charge is 2.14. The van der Waals surface area contributed by atoms with Crippen LogP contribution in [0, 0.1) is 6.92 Å². The Kier molecular flexibility index (Phi) is 2.69. The van der Waals surface area contributed by atoms with E-state index in [4.69, 9.17) is 10.3 Å². The highest BCUT2D eigenvalue weighted by Crippen LogP contribution is 2.15. The van der Waals surface area contributed by atoms with E-state index in [0.29, 0.717) is 12.3 Å². The summed E-state index contributed by atoms with van der Waals surface area (Å²) in [4.78, 5) is 15.1. The number of carbonyl (C=O) groups is 1. The van der Waals surface area contributed by atoms with Gasteiger partial charge in [-0.15, -0.1) is 0 Å². The van der Waals surface area contributed by atoms with Crippen molar-refractivity contribution in [2.75, 3.05) is 0 Å². The van der Waals surface area contributed by atoms with Crippen LogP contribution in [0.15, 0.2) is 23.1 Å². The van der Waals surface area contributed by atoms with E-state index in [2.05, 4.69) is 10.1 Å². The summed E-state index contributed by atoms with van der Waals surface area (Å²) < 4.78 is 6.96. The number of hydrogen-bond donors (Lipinski definition) is 2. The highest BCUT2D eigenvalue weighted by molar-refractivity contribution is 5.92. The van der Waals surface area contributed by atoms with E-state index in [0.717, 1.165) is 5.56 Å².